The highest BCUT2D eigenvalue weighted by Gasteiger charge is 2.20. The molecule has 37 heavy (non-hydrogen) atoms. The van der Waals surface area contributed by atoms with Crippen molar-refractivity contribution >= 4 is 56.4 Å². The molecule has 1 aliphatic heterocycles. The first-order chi connectivity index (χ1) is 17.7. The molecule has 4 rings (SSSR count). The van der Waals surface area contributed by atoms with Crippen molar-refractivity contribution in [3.63, 3.8) is 0 Å². The van der Waals surface area contributed by atoms with Gasteiger partial charge in [-0.1, -0.05) is 40.9 Å². The number of sulfonamides is 1. The molecule has 1 fully saturated rings. The Morgan fingerprint density at radius 1 is 1.05 bits per heavy atom. The summed E-state index contributed by atoms with van der Waals surface area (Å²) in [5.41, 5.74) is 0.397. The van der Waals surface area contributed by atoms with Crippen molar-refractivity contribution in [1.29, 1.82) is 0 Å². The molecule has 13 heteroatoms. The van der Waals surface area contributed by atoms with Gasteiger partial charge in [-0.3, -0.25) is 14.4 Å². The first-order valence-corrected chi connectivity index (χ1v) is 14.0. The summed E-state index contributed by atoms with van der Waals surface area (Å²) < 4.78 is 34.1. The maximum Gasteiger partial charge on any atom is 0.262 e. The zero-order valence-corrected chi connectivity index (χ0v) is 22.6. The van der Waals surface area contributed by atoms with Gasteiger partial charge in [0, 0.05) is 51.0 Å². The van der Waals surface area contributed by atoms with Gasteiger partial charge in [-0.15, -0.1) is 0 Å². The number of hydrogen-bond donors (Lipinski definition) is 3. The van der Waals surface area contributed by atoms with Crippen molar-refractivity contribution < 1.29 is 17.9 Å². The van der Waals surface area contributed by atoms with E-state index in [1.807, 2.05) is 0 Å². The van der Waals surface area contributed by atoms with E-state index < -0.39 is 10.0 Å². The largest absolute Gasteiger partial charge is 0.437 e. The lowest BCUT2D eigenvalue weighted by molar-refractivity contribution is 0.0947. The van der Waals surface area contributed by atoms with E-state index in [0.717, 1.165) is 32.7 Å². The van der Waals surface area contributed by atoms with Crippen LogP contribution < -0.4 is 20.1 Å². The van der Waals surface area contributed by atoms with E-state index >= 15 is 0 Å². The summed E-state index contributed by atoms with van der Waals surface area (Å²) in [6, 6.07) is 11.8. The average molecular weight is 585 g/mol. The van der Waals surface area contributed by atoms with Crippen LogP contribution in [0.3, 0.4) is 0 Å². The summed E-state index contributed by atoms with van der Waals surface area (Å²) in [4.78, 5) is 19.0. The molecule has 2 heterocycles. The lowest BCUT2D eigenvalue weighted by Gasteiger charge is -2.27. The summed E-state index contributed by atoms with van der Waals surface area (Å²) in [7, 11) is -4.07. The Labute approximate surface area is 230 Å². The number of pyridine rings is 1. The molecular formula is C24H24Cl3N5O4S. The van der Waals surface area contributed by atoms with Crippen molar-refractivity contribution in [3.8, 4) is 11.6 Å². The van der Waals surface area contributed by atoms with Gasteiger partial charge in [0.05, 0.1) is 20.0 Å². The smallest absolute Gasteiger partial charge is 0.262 e. The standard InChI is InChI=1S/C24H24Cl3N5O4S/c25-17-13-22(31-37(34,35)19-4-5-20(26)21(27)14-19)24(30-15-17)36-18-3-1-2-16(12-18)23(33)29-8-11-32-9-6-28-7-10-32/h1-5,12-15,28,31H,6-11H2,(H,29,33). The lowest BCUT2D eigenvalue weighted by Crippen LogP contribution is -2.46. The van der Waals surface area contributed by atoms with Gasteiger partial charge in [0.15, 0.2) is 0 Å². The summed E-state index contributed by atoms with van der Waals surface area (Å²) >= 11 is 17.9. The van der Waals surface area contributed by atoms with E-state index in [4.69, 9.17) is 39.5 Å². The Bertz CT molecular complexity index is 1380. The maximum absolute atomic E-state index is 12.9. The highest BCUT2D eigenvalue weighted by Crippen LogP contribution is 2.32. The summed E-state index contributed by atoms with van der Waals surface area (Å²) in [6.45, 7) is 5.06. The van der Waals surface area contributed by atoms with Gasteiger partial charge in [-0.25, -0.2) is 13.4 Å². The van der Waals surface area contributed by atoms with E-state index in [1.165, 1.54) is 30.5 Å². The van der Waals surface area contributed by atoms with Crippen molar-refractivity contribution in [2.45, 2.75) is 4.90 Å². The monoisotopic (exact) mass is 583 g/mol. The first kappa shape index (κ1) is 27.4. The third-order valence-electron chi connectivity index (χ3n) is 5.50. The van der Waals surface area contributed by atoms with Crippen LogP contribution in [-0.4, -0.2) is 63.5 Å². The van der Waals surface area contributed by atoms with Crippen LogP contribution in [0.4, 0.5) is 5.69 Å². The molecule has 1 saturated heterocycles. The van der Waals surface area contributed by atoms with Gasteiger partial charge in [0.1, 0.15) is 11.4 Å². The van der Waals surface area contributed by atoms with E-state index in [9.17, 15) is 13.2 Å². The topological polar surface area (TPSA) is 113 Å². The van der Waals surface area contributed by atoms with E-state index in [0.29, 0.717) is 17.9 Å². The summed E-state index contributed by atoms with van der Waals surface area (Å²) in [5, 5.41) is 6.71. The Morgan fingerprint density at radius 3 is 2.59 bits per heavy atom. The Balaban J connectivity index is 1.46. The molecule has 0 aliphatic carbocycles. The van der Waals surface area contributed by atoms with Crippen LogP contribution in [0.2, 0.25) is 15.1 Å². The Hall–Kier alpha value is -2.60. The van der Waals surface area contributed by atoms with Crippen LogP contribution in [-0.2, 0) is 10.0 Å². The molecule has 0 radical (unpaired) electrons. The van der Waals surface area contributed by atoms with E-state index in [2.05, 4.69) is 25.2 Å². The van der Waals surface area contributed by atoms with Gasteiger partial charge in [-0.2, -0.15) is 0 Å². The normalized spacial score (nSPS) is 14.2. The zero-order chi connectivity index (χ0) is 26.4. The molecule has 0 spiro atoms. The minimum atomic E-state index is -4.07. The molecule has 1 aromatic heterocycles. The number of nitrogens with one attached hydrogen (secondary N) is 3. The molecule has 0 unspecified atom stereocenters. The molecule has 0 atom stereocenters. The average Bonchev–Trinajstić information content (AvgIpc) is 2.88. The van der Waals surface area contributed by atoms with Crippen molar-refractivity contribution in [3.05, 3.63) is 75.4 Å². The van der Waals surface area contributed by atoms with Crippen molar-refractivity contribution in [2.24, 2.45) is 0 Å². The molecule has 196 valence electrons. The summed E-state index contributed by atoms with van der Waals surface area (Å²) in [6.07, 6.45) is 1.32. The predicted octanol–water partition coefficient (Wildman–Crippen LogP) is 4.27. The van der Waals surface area contributed by atoms with Crippen LogP contribution in [0, 0.1) is 0 Å². The van der Waals surface area contributed by atoms with Crippen molar-refractivity contribution in [1.82, 2.24) is 20.5 Å². The number of amides is 1. The van der Waals surface area contributed by atoms with Gasteiger partial charge in [0.2, 0.25) is 5.88 Å². The fourth-order valence-electron chi connectivity index (χ4n) is 3.61. The molecule has 0 saturated carbocycles. The highest BCUT2D eigenvalue weighted by atomic mass is 35.5. The highest BCUT2D eigenvalue weighted by molar-refractivity contribution is 7.92. The van der Waals surface area contributed by atoms with Gasteiger partial charge < -0.3 is 15.4 Å². The van der Waals surface area contributed by atoms with Gasteiger partial charge in [-0.05, 0) is 42.5 Å². The number of aromatic nitrogens is 1. The number of ether oxygens (including phenoxy) is 1. The number of piperazine rings is 1. The predicted molar refractivity (Wildman–Crippen MR) is 145 cm³/mol. The molecule has 3 N–H and O–H groups in total. The molecule has 1 aliphatic rings. The van der Waals surface area contributed by atoms with Crippen LogP contribution in [0.15, 0.2) is 59.6 Å². The molecule has 3 aromatic rings. The second kappa shape index (κ2) is 12.3. The minimum absolute atomic E-state index is 0.00412. The van der Waals surface area contributed by atoms with E-state index in [1.54, 1.807) is 24.3 Å². The second-order valence-corrected chi connectivity index (χ2v) is 11.1. The number of carbonyl (C=O) groups is 1. The fourth-order valence-corrected chi connectivity index (χ4v) is 5.20. The number of rotatable bonds is 9. The van der Waals surface area contributed by atoms with Crippen LogP contribution in [0.25, 0.3) is 0 Å². The first-order valence-electron chi connectivity index (χ1n) is 11.3. The second-order valence-electron chi connectivity index (χ2n) is 8.17. The zero-order valence-electron chi connectivity index (χ0n) is 19.5. The fraction of sp³-hybridized carbons (Fsp3) is 0.250. The van der Waals surface area contributed by atoms with Crippen LogP contribution in [0.5, 0.6) is 11.6 Å². The number of hydrogen-bond acceptors (Lipinski definition) is 7. The Morgan fingerprint density at radius 2 is 1.84 bits per heavy atom. The lowest BCUT2D eigenvalue weighted by atomic mass is 10.2. The third kappa shape index (κ3) is 7.47. The quantitative estimate of drug-likeness (QED) is 0.344. The number of anilines is 1. The number of benzene rings is 2. The van der Waals surface area contributed by atoms with Gasteiger partial charge in [0.25, 0.3) is 15.9 Å². The maximum atomic E-state index is 12.9. The molecular weight excluding hydrogens is 561 g/mol. The van der Waals surface area contributed by atoms with Crippen molar-refractivity contribution in [2.75, 3.05) is 44.0 Å². The SMILES string of the molecule is O=C(NCCN1CCNCC1)c1cccc(Oc2ncc(Cl)cc2NS(=O)(=O)c2ccc(Cl)c(Cl)c2)c1. The molecule has 2 aromatic carbocycles. The van der Waals surface area contributed by atoms with Crippen LogP contribution >= 0.6 is 34.8 Å². The van der Waals surface area contributed by atoms with Crippen LogP contribution in [0.1, 0.15) is 10.4 Å². The third-order valence-corrected chi connectivity index (χ3v) is 7.81. The minimum Gasteiger partial charge on any atom is -0.437 e. The van der Waals surface area contributed by atoms with Gasteiger partial charge >= 0.3 is 0 Å². The number of nitrogens with zero attached hydrogens (tertiary/aromatic N) is 2. The molecule has 0 bridgehead atoms. The van der Waals surface area contributed by atoms with E-state index in [-0.39, 0.29) is 37.4 Å². The number of carbonyl (C=O) groups excluding carboxylic acids is 1. The number of halogens is 3. The molecule has 9 nitrogen and oxygen atoms in total. The summed E-state index contributed by atoms with van der Waals surface area (Å²) in [5.74, 6) is -0.00550. The Kier molecular flexibility index (Phi) is 9.12. The molecule has 1 amide bonds.